The van der Waals surface area contributed by atoms with Crippen LogP contribution in [-0.4, -0.2) is 15.6 Å². The Morgan fingerprint density at radius 1 is 1.07 bits per heavy atom. The average Bonchev–Trinajstić information content (AvgIpc) is 3.07. The normalized spacial score (nSPS) is 11.2. The maximum absolute atomic E-state index is 13.2. The van der Waals surface area contributed by atoms with E-state index in [1.165, 1.54) is 22.3 Å². The van der Waals surface area contributed by atoms with E-state index in [2.05, 4.69) is 24.3 Å². The van der Waals surface area contributed by atoms with Gasteiger partial charge in [-0.3, -0.25) is 15.0 Å². The van der Waals surface area contributed by atoms with Gasteiger partial charge in [-0.2, -0.15) is 0 Å². The third-order valence-electron chi connectivity index (χ3n) is 4.91. The monoisotopic (exact) mass is 403 g/mol. The lowest BCUT2D eigenvalue weighted by molar-refractivity contribution is 0.101. The minimum atomic E-state index is -0.350. The first-order chi connectivity index (χ1) is 14.0. The fourth-order valence-corrected chi connectivity index (χ4v) is 4.33. The Morgan fingerprint density at radius 3 is 2.41 bits per heavy atom. The Hall–Kier alpha value is -3.25. The number of carbonyl (C=O) groups is 1. The second kappa shape index (κ2) is 7.64. The number of carbonyl (C=O) groups excluding carboxylic acids is 1. The molecule has 0 spiro atoms. The van der Waals surface area contributed by atoms with Crippen LogP contribution in [0.3, 0.4) is 0 Å². The molecule has 1 amide bonds. The number of amides is 1. The fourth-order valence-electron chi connectivity index (χ4n) is 3.33. The number of nitrogens with zero attached hydrogens (tertiary/aromatic N) is 2. The smallest absolute Gasteiger partial charge is 0.267 e. The van der Waals surface area contributed by atoms with E-state index < -0.39 is 0 Å². The number of hydrogen-bond donors (Lipinski definition) is 1. The lowest BCUT2D eigenvalue weighted by atomic mass is 10.0. The fraction of sp³-hybridized carbons (Fsp3) is 0.174. The zero-order valence-electron chi connectivity index (χ0n) is 16.5. The molecule has 146 valence electrons. The van der Waals surface area contributed by atoms with Crippen molar-refractivity contribution in [2.24, 2.45) is 0 Å². The van der Waals surface area contributed by atoms with Crippen LogP contribution in [0.25, 0.3) is 21.3 Å². The SMILES string of the molecule is Cc1sc2ncn(NC(=O)c3ccc(C(C)C)cc3)c(=O)c2c1-c1ccccc1. The highest BCUT2D eigenvalue weighted by Crippen LogP contribution is 2.35. The summed E-state index contributed by atoms with van der Waals surface area (Å²) in [5, 5.41) is 0.525. The van der Waals surface area contributed by atoms with Crippen molar-refractivity contribution in [2.75, 3.05) is 5.43 Å². The predicted molar refractivity (Wildman–Crippen MR) is 118 cm³/mol. The van der Waals surface area contributed by atoms with E-state index in [0.717, 1.165) is 21.6 Å². The average molecular weight is 404 g/mol. The molecule has 2 heterocycles. The quantitative estimate of drug-likeness (QED) is 0.525. The molecule has 0 saturated heterocycles. The van der Waals surface area contributed by atoms with Gasteiger partial charge < -0.3 is 0 Å². The van der Waals surface area contributed by atoms with E-state index in [1.807, 2.05) is 49.4 Å². The van der Waals surface area contributed by atoms with Gasteiger partial charge in [0.2, 0.25) is 0 Å². The molecule has 0 atom stereocenters. The highest BCUT2D eigenvalue weighted by atomic mass is 32.1. The summed E-state index contributed by atoms with van der Waals surface area (Å²) < 4.78 is 1.17. The molecule has 5 nitrogen and oxygen atoms in total. The summed E-state index contributed by atoms with van der Waals surface area (Å²) in [6, 6.07) is 17.2. The van der Waals surface area contributed by atoms with Crippen LogP contribution >= 0.6 is 11.3 Å². The van der Waals surface area contributed by atoms with Crippen molar-refractivity contribution in [3.05, 3.63) is 87.3 Å². The lowest BCUT2D eigenvalue weighted by Crippen LogP contribution is -2.33. The molecule has 1 N–H and O–H groups in total. The summed E-state index contributed by atoms with van der Waals surface area (Å²) in [4.78, 5) is 31.9. The van der Waals surface area contributed by atoms with Gasteiger partial charge in [-0.15, -0.1) is 11.3 Å². The zero-order chi connectivity index (χ0) is 20.5. The molecule has 0 aliphatic heterocycles. The van der Waals surface area contributed by atoms with E-state index >= 15 is 0 Å². The van der Waals surface area contributed by atoms with E-state index in [0.29, 0.717) is 21.7 Å². The number of fused-ring (bicyclic) bond motifs is 1. The molecule has 2 aromatic carbocycles. The Kier molecular flexibility index (Phi) is 5.03. The minimum Gasteiger partial charge on any atom is -0.267 e. The molecule has 0 bridgehead atoms. The summed E-state index contributed by atoms with van der Waals surface area (Å²) in [6.45, 7) is 6.18. The number of hydrogen-bond acceptors (Lipinski definition) is 4. The van der Waals surface area contributed by atoms with E-state index in [9.17, 15) is 9.59 Å². The molecule has 0 fully saturated rings. The van der Waals surface area contributed by atoms with Gasteiger partial charge in [0.25, 0.3) is 11.5 Å². The maximum atomic E-state index is 13.2. The summed E-state index contributed by atoms with van der Waals surface area (Å²) >= 11 is 1.48. The molecule has 0 radical (unpaired) electrons. The van der Waals surface area contributed by atoms with Crippen molar-refractivity contribution in [1.29, 1.82) is 0 Å². The molecule has 6 heteroatoms. The van der Waals surface area contributed by atoms with Gasteiger partial charge in [0, 0.05) is 16.0 Å². The lowest BCUT2D eigenvalue weighted by Gasteiger charge is -2.10. The van der Waals surface area contributed by atoms with Gasteiger partial charge in [-0.05, 0) is 36.1 Å². The van der Waals surface area contributed by atoms with Crippen molar-refractivity contribution >= 4 is 27.5 Å². The number of benzene rings is 2. The van der Waals surface area contributed by atoms with Gasteiger partial charge in [-0.25, -0.2) is 9.66 Å². The van der Waals surface area contributed by atoms with Crippen molar-refractivity contribution < 1.29 is 4.79 Å². The Bertz CT molecular complexity index is 1240. The summed E-state index contributed by atoms with van der Waals surface area (Å²) in [5.41, 5.74) is 5.85. The first-order valence-electron chi connectivity index (χ1n) is 9.43. The first-order valence-corrected chi connectivity index (χ1v) is 10.2. The van der Waals surface area contributed by atoms with Gasteiger partial charge in [0.15, 0.2) is 0 Å². The maximum Gasteiger partial charge on any atom is 0.281 e. The van der Waals surface area contributed by atoms with E-state index in [4.69, 9.17) is 0 Å². The predicted octanol–water partition coefficient (Wildman–Crippen LogP) is 4.94. The topological polar surface area (TPSA) is 64.0 Å². The van der Waals surface area contributed by atoms with Gasteiger partial charge in [-0.1, -0.05) is 56.3 Å². The molecule has 4 rings (SSSR count). The van der Waals surface area contributed by atoms with Crippen LogP contribution < -0.4 is 11.0 Å². The number of thiophene rings is 1. The number of nitrogens with one attached hydrogen (secondary N) is 1. The highest BCUT2D eigenvalue weighted by Gasteiger charge is 2.18. The van der Waals surface area contributed by atoms with Crippen LogP contribution in [-0.2, 0) is 0 Å². The number of aromatic nitrogens is 2. The van der Waals surface area contributed by atoms with Crippen molar-refractivity contribution in [3.8, 4) is 11.1 Å². The second-order valence-electron chi connectivity index (χ2n) is 7.22. The minimum absolute atomic E-state index is 0.287. The third-order valence-corrected chi connectivity index (χ3v) is 5.93. The standard InChI is InChI=1S/C23H21N3O2S/c1-14(2)16-9-11-18(12-10-16)21(27)25-26-13-24-22-20(23(26)28)19(15(3)29-22)17-7-5-4-6-8-17/h4-14H,1-3H3,(H,25,27). The van der Waals surface area contributed by atoms with Crippen molar-refractivity contribution in [2.45, 2.75) is 26.7 Å². The molecule has 4 aromatic rings. The van der Waals surface area contributed by atoms with E-state index in [1.54, 1.807) is 12.1 Å². The molecule has 0 aliphatic carbocycles. The van der Waals surface area contributed by atoms with Gasteiger partial charge in [0.1, 0.15) is 11.2 Å². The Labute approximate surface area is 172 Å². The number of aryl methyl sites for hydroxylation is 1. The second-order valence-corrected chi connectivity index (χ2v) is 8.42. The van der Waals surface area contributed by atoms with Gasteiger partial charge >= 0.3 is 0 Å². The number of rotatable bonds is 4. The summed E-state index contributed by atoms with van der Waals surface area (Å²) in [6.07, 6.45) is 1.37. The van der Waals surface area contributed by atoms with Crippen LogP contribution in [0.1, 0.15) is 40.6 Å². The summed E-state index contributed by atoms with van der Waals surface area (Å²) in [7, 11) is 0. The van der Waals surface area contributed by atoms with Crippen LogP contribution in [0.5, 0.6) is 0 Å². The third kappa shape index (κ3) is 3.59. The van der Waals surface area contributed by atoms with E-state index in [-0.39, 0.29) is 11.5 Å². The largest absolute Gasteiger partial charge is 0.281 e. The van der Waals surface area contributed by atoms with Crippen LogP contribution in [0.4, 0.5) is 0 Å². The van der Waals surface area contributed by atoms with Crippen LogP contribution in [0.15, 0.2) is 65.7 Å². The molecular formula is C23H21N3O2S. The summed E-state index contributed by atoms with van der Waals surface area (Å²) in [5.74, 6) is 0.0383. The van der Waals surface area contributed by atoms with Crippen LogP contribution in [0, 0.1) is 6.92 Å². The van der Waals surface area contributed by atoms with Crippen molar-refractivity contribution in [1.82, 2.24) is 9.66 Å². The van der Waals surface area contributed by atoms with Crippen molar-refractivity contribution in [3.63, 3.8) is 0 Å². The zero-order valence-corrected chi connectivity index (χ0v) is 17.3. The van der Waals surface area contributed by atoms with Crippen LogP contribution in [0.2, 0.25) is 0 Å². The molecule has 0 saturated carbocycles. The molecule has 0 aliphatic rings. The molecular weight excluding hydrogens is 382 g/mol. The molecule has 29 heavy (non-hydrogen) atoms. The highest BCUT2D eigenvalue weighted by molar-refractivity contribution is 7.19. The van der Waals surface area contributed by atoms with Gasteiger partial charge in [0.05, 0.1) is 5.39 Å². The Morgan fingerprint density at radius 2 is 1.76 bits per heavy atom. The molecule has 2 aromatic heterocycles. The first kappa shape index (κ1) is 19.1. The molecule has 0 unspecified atom stereocenters. The Balaban J connectivity index is 1.73.